The fraction of sp³-hybridized carbons (Fsp3) is 0.302. The van der Waals surface area contributed by atoms with Crippen LogP contribution in [0.2, 0.25) is 0 Å². The summed E-state index contributed by atoms with van der Waals surface area (Å²) in [5, 5.41) is 22.6. The third-order valence-electron chi connectivity index (χ3n) is 8.58. The van der Waals surface area contributed by atoms with Gasteiger partial charge in [-0.3, -0.25) is 0 Å². The number of aliphatic hydroxyl groups is 1. The molecule has 5 aromatic carbocycles. The van der Waals surface area contributed by atoms with Gasteiger partial charge in [-0.2, -0.15) is 8.42 Å². The van der Waals surface area contributed by atoms with Gasteiger partial charge >= 0.3 is 10.1 Å². The van der Waals surface area contributed by atoms with E-state index in [-0.39, 0.29) is 16.4 Å². The van der Waals surface area contributed by atoms with Crippen molar-refractivity contribution in [2.24, 2.45) is 0 Å². The molecule has 52 heavy (non-hydrogen) atoms. The number of aliphatic hydroxyl groups excluding tert-OH is 1. The van der Waals surface area contributed by atoms with Crippen LogP contribution in [0.4, 0.5) is 0 Å². The maximum atomic E-state index is 13.9. The first-order valence-electron chi connectivity index (χ1n) is 18.0. The van der Waals surface area contributed by atoms with Crippen LogP contribution in [0.15, 0.2) is 130 Å². The topological polar surface area (TPSA) is 102 Å². The van der Waals surface area contributed by atoms with Gasteiger partial charge in [0.05, 0.1) is 6.61 Å². The zero-order chi connectivity index (χ0) is 36.8. The fourth-order valence-corrected chi connectivity index (χ4v) is 8.04. The Bertz CT molecular complexity index is 1960. The molecule has 0 aromatic heterocycles. The Kier molecular flexibility index (Phi) is 14.6. The number of aryl methyl sites for hydroxylation is 1. The molecule has 0 saturated heterocycles. The minimum absolute atomic E-state index is 0.00632. The summed E-state index contributed by atoms with van der Waals surface area (Å²) < 4.78 is 45.1. The van der Waals surface area contributed by atoms with Crippen molar-refractivity contribution in [1.82, 2.24) is 0 Å². The number of rotatable bonds is 20. The first-order chi connectivity index (χ1) is 25.3. The lowest BCUT2D eigenvalue weighted by molar-refractivity contribution is 0.128. The molecule has 1 atom stereocenters. The van der Waals surface area contributed by atoms with Crippen LogP contribution in [0, 0.1) is 0 Å². The quantitative estimate of drug-likeness (QED) is 0.0601. The van der Waals surface area contributed by atoms with Crippen LogP contribution in [0.25, 0.3) is 11.1 Å². The van der Waals surface area contributed by atoms with E-state index in [1.54, 1.807) is 54.6 Å². The highest BCUT2D eigenvalue weighted by molar-refractivity contribution is 8.00. The highest BCUT2D eigenvalue weighted by atomic mass is 32.2. The summed E-state index contributed by atoms with van der Waals surface area (Å²) in [4.78, 5) is 1.31. The molecule has 0 aliphatic heterocycles. The van der Waals surface area contributed by atoms with Gasteiger partial charge < -0.3 is 23.9 Å². The zero-order valence-electron chi connectivity index (χ0n) is 29.9. The lowest BCUT2D eigenvalue weighted by atomic mass is 9.91. The number of benzene rings is 5. The van der Waals surface area contributed by atoms with E-state index in [0.29, 0.717) is 40.4 Å². The van der Waals surface area contributed by atoms with E-state index < -0.39 is 16.2 Å². The summed E-state index contributed by atoms with van der Waals surface area (Å²) in [6.07, 6.45) is 5.78. The molecule has 0 amide bonds. The summed E-state index contributed by atoms with van der Waals surface area (Å²) in [5.74, 6) is 0.938. The molecule has 5 aromatic rings. The van der Waals surface area contributed by atoms with Crippen LogP contribution >= 0.6 is 11.8 Å². The second-order valence-electron chi connectivity index (χ2n) is 12.6. The molecule has 0 radical (unpaired) electrons. The van der Waals surface area contributed by atoms with Crippen LogP contribution in [-0.4, -0.2) is 38.5 Å². The molecule has 274 valence electrons. The van der Waals surface area contributed by atoms with Crippen LogP contribution in [0.5, 0.6) is 17.2 Å². The molecule has 0 aliphatic rings. The maximum Gasteiger partial charge on any atom is 0.340 e. The van der Waals surface area contributed by atoms with Gasteiger partial charge in [-0.25, -0.2) is 0 Å². The minimum atomic E-state index is -4.29. The van der Waals surface area contributed by atoms with Gasteiger partial charge in [0.2, 0.25) is 0 Å². The van der Waals surface area contributed by atoms with E-state index >= 15 is 0 Å². The summed E-state index contributed by atoms with van der Waals surface area (Å²) in [6.45, 7) is 6.33. The van der Waals surface area contributed by atoms with Crippen molar-refractivity contribution >= 4 is 21.9 Å². The van der Waals surface area contributed by atoms with Crippen molar-refractivity contribution < 1.29 is 32.3 Å². The molecular formula is C43H48O7S2. The number of hydrogen-bond donors (Lipinski definition) is 2. The van der Waals surface area contributed by atoms with E-state index in [9.17, 15) is 18.6 Å². The Morgan fingerprint density at radius 2 is 1.42 bits per heavy atom. The molecular weight excluding hydrogens is 693 g/mol. The average Bonchev–Trinajstić information content (AvgIpc) is 3.16. The Morgan fingerprint density at radius 1 is 0.692 bits per heavy atom. The fourth-order valence-electron chi connectivity index (χ4n) is 5.75. The zero-order valence-corrected chi connectivity index (χ0v) is 31.5. The van der Waals surface area contributed by atoms with Crippen LogP contribution in [0.3, 0.4) is 0 Å². The first-order valence-corrected chi connectivity index (χ1v) is 20.2. The van der Waals surface area contributed by atoms with Gasteiger partial charge in [0.15, 0.2) is 0 Å². The van der Waals surface area contributed by atoms with Gasteiger partial charge in [-0.1, -0.05) is 99.5 Å². The second-order valence-corrected chi connectivity index (χ2v) is 15.2. The highest BCUT2D eigenvalue weighted by Gasteiger charge is 2.25. The molecule has 0 spiro atoms. The van der Waals surface area contributed by atoms with Gasteiger partial charge in [-0.05, 0) is 109 Å². The number of ether oxygens (including phenoxy) is 2. The van der Waals surface area contributed by atoms with E-state index in [1.807, 2.05) is 60.7 Å². The SMILES string of the molecule is CCCCCOCCCc1ccc(O)c(C(O)c2ccccc2-c2ccc(Sc3ccc(OCCCC)cc3)c(S(=O)(=O)Oc3ccccc3)c2)c1. The summed E-state index contributed by atoms with van der Waals surface area (Å²) in [7, 11) is -4.29. The lowest BCUT2D eigenvalue weighted by Gasteiger charge is -2.19. The van der Waals surface area contributed by atoms with Crippen molar-refractivity contribution in [3.05, 3.63) is 132 Å². The van der Waals surface area contributed by atoms with Gasteiger partial charge in [0, 0.05) is 28.6 Å². The normalized spacial score (nSPS) is 12.1. The van der Waals surface area contributed by atoms with Crippen molar-refractivity contribution in [1.29, 1.82) is 0 Å². The van der Waals surface area contributed by atoms with E-state index in [4.69, 9.17) is 13.7 Å². The summed E-state index contributed by atoms with van der Waals surface area (Å²) in [6, 6.07) is 33.8. The number of phenols is 1. The molecule has 5 rings (SSSR count). The molecule has 0 bridgehead atoms. The molecule has 0 heterocycles. The molecule has 0 saturated carbocycles. The Morgan fingerprint density at radius 3 is 2.19 bits per heavy atom. The Labute approximate surface area is 312 Å². The third-order valence-corrected chi connectivity index (χ3v) is 11.1. The Balaban J connectivity index is 1.44. The van der Waals surface area contributed by atoms with Gasteiger partial charge in [0.1, 0.15) is 28.2 Å². The standard InChI is InChI=1S/C43H48O7S2/c1-3-5-12-27-48-28-13-14-32-19-25-40(44)39(30-32)43(45)38-18-11-10-17-37(38)33-20-26-41(51-36-23-21-34(22-24-36)49-29-6-4-2)42(31-33)52(46,47)50-35-15-8-7-9-16-35/h7-11,15-26,30-31,43-45H,3-6,12-14,27-29H2,1-2H3. The number of hydrogen-bond acceptors (Lipinski definition) is 8. The third kappa shape index (κ3) is 10.9. The van der Waals surface area contributed by atoms with E-state index in [0.717, 1.165) is 67.8 Å². The summed E-state index contributed by atoms with van der Waals surface area (Å²) >= 11 is 1.31. The highest BCUT2D eigenvalue weighted by Crippen LogP contribution is 2.40. The molecule has 0 fully saturated rings. The molecule has 7 nitrogen and oxygen atoms in total. The number of aromatic hydroxyl groups is 1. The molecule has 9 heteroatoms. The van der Waals surface area contributed by atoms with Crippen molar-refractivity contribution in [3.8, 4) is 28.4 Å². The van der Waals surface area contributed by atoms with E-state index in [1.165, 1.54) is 11.8 Å². The second kappa shape index (κ2) is 19.5. The number of unbranched alkanes of at least 4 members (excludes halogenated alkanes) is 3. The van der Waals surface area contributed by atoms with Crippen LogP contribution in [-0.2, 0) is 21.3 Å². The minimum Gasteiger partial charge on any atom is -0.508 e. The van der Waals surface area contributed by atoms with Crippen molar-refractivity contribution in [3.63, 3.8) is 0 Å². The average molecular weight is 741 g/mol. The predicted molar refractivity (Wildman–Crippen MR) is 208 cm³/mol. The first kappa shape index (κ1) is 38.9. The monoisotopic (exact) mass is 740 g/mol. The largest absolute Gasteiger partial charge is 0.508 e. The molecule has 0 aliphatic carbocycles. The van der Waals surface area contributed by atoms with Crippen molar-refractivity contribution in [2.75, 3.05) is 19.8 Å². The molecule has 2 N–H and O–H groups in total. The smallest absolute Gasteiger partial charge is 0.340 e. The maximum absolute atomic E-state index is 13.9. The number of para-hydroxylation sites is 1. The van der Waals surface area contributed by atoms with Crippen LogP contribution in [0.1, 0.15) is 75.2 Å². The summed E-state index contributed by atoms with van der Waals surface area (Å²) in [5.41, 5.74) is 3.09. The molecule has 1 unspecified atom stereocenters. The van der Waals surface area contributed by atoms with E-state index in [2.05, 4.69) is 13.8 Å². The van der Waals surface area contributed by atoms with Crippen LogP contribution < -0.4 is 8.92 Å². The van der Waals surface area contributed by atoms with Gasteiger partial charge in [-0.15, -0.1) is 0 Å². The number of phenolic OH excluding ortho intramolecular Hbond substituents is 1. The van der Waals surface area contributed by atoms with Crippen molar-refractivity contribution in [2.45, 2.75) is 79.6 Å². The van der Waals surface area contributed by atoms with Gasteiger partial charge in [0.25, 0.3) is 0 Å². The Hall–Kier alpha value is -4.28. The predicted octanol–water partition coefficient (Wildman–Crippen LogP) is 10.4. The lowest BCUT2D eigenvalue weighted by Crippen LogP contribution is -2.11.